The highest BCUT2D eigenvalue weighted by molar-refractivity contribution is 5.64. The molecule has 10 heteroatoms. The van der Waals surface area contributed by atoms with Gasteiger partial charge in [-0.1, -0.05) is 6.07 Å². The third-order valence-corrected chi connectivity index (χ3v) is 5.33. The lowest BCUT2D eigenvalue weighted by Crippen LogP contribution is -2.29. The molecule has 4 aromatic rings. The molecule has 1 aliphatic heterocycles. The molecule has 0 bridgehead atoms. The van der Waals surface area contributed by atoms with Gasteiger partial charge in [-0.2, -0.15) is 10.2 Å². The second-order valence-corrected chi connectivity index (χ2v) is 8.70. The van der Waals surface area contributed by atoms with Crippen molar-refractivity contribution >= 4 is 11.5 Å². The summed E-state index contributed by atoms with van der Waals surface area (Å²) in [6.45, 7) is 4.77. The quantitative estimate of drug-likeness (QED) is 0.425. The van der Waals surface area contributed by atoms with E-state index in [0.717, 1.165) is 17.0 Å². The number of halogens is 1. The maximum Gasteiger partial charge on any atom is 0.154 e. The van der Waals surface area contributed by atoms with E-state index in [1.54, 1.807) is 35.4 Å². The van der Waals surface area contributed by atoms with E-state index in [2.05, 4.69) is 25.7 Å². The molecule has 1 saturated heterocycles. The Morgan fingerprint density at radius 3 is 2.84 bits per heavy atom. The van der Waals surface area contributed by atoms with E-state index >= 15 is 0 Å². The Morgan fingerprint density at radius 2 is 2.06 bits per heavy atom. The molecule has 1 fully saturated rings. The molecule has 0 saturated carbocycles. The molecule has 5 rings (SSSR count). The standard InChI is InChI=1S/C22H25FN8O/c1-22(2,32)13-30-12-14(8-26-30)16-6-7-21-25-11-19(31(21)29-16)17-4-3-5-20(27-17)28-18-10-24-9-15(18)23/h3-8,11-12,15,18,24,32H,9-10,13H2,1-2H3,(H,27,28)/t15-,18-/m0/s1. The maximum atomic E-state index is 14.0. The molecule has 0 amide bonds. The zero-order chi connectivity index (χ0) is 22.3. The molecular weight excluding hydrogens is 411 g/mol. The van der Waals surface area contributed by atoms with Gasteiger partial charge in [-0.3, -0.25) is 4.68 Å². The fourth-order valence-electron chi connectivity index (χ4n) is 3.82. The maximum absolute atomic E-state index is 14.0. The number of imidazole rings is 1. The highest BCUT2D eigenvalue weighted by Gasteiger charge is 2.26. The Balaban J connectivity index is 1.45. The van der Waals surface area contributed by atoms with Crippen LogP contribution >= 0.6 is 0 Å². The molecule has 2 atom stereocenters. The van der Waals surface area contributed by atoms with Crippen molar-refractivity contribution in [2.24, 2.45) is 0 Å². The molecule has 166 valence electrons. The van der Waals surface area contributed by atoms with Crippen molar-refractivity contribution in [3.63, 3.8) is 0 Å². The van der Waals surface area contributed by atoms with Crippen LogP contribution in [0.25, 0.3) is 28.3 Å². The Hall–Kier alpha value is -3.37. The summed E-state index contributed by atoms with van der Waals surface area (Å²) in [6.07, 6.45) is 4.36. The summed E-state index contributed by atoms with van der Waals surface area (Å²) in [7, 11) is 0. The smallest absolute Gasteiger partial charge is 0.154 e. The molecule has 0 aliphatic carbocycles. The second-order valence-electron chi connectivity index (χ2n) is 8.70. The van der Waals surface area contributed by atoms with E-state index in [1.165, 1.54) is 0 Å². The highest BCUT2D eigenvalue weighted by atomic mass is 19.1. The van der Waals surface area contributed by atoms with E-state index in [-0.39, 0.29) is 6.04 Å². The number of aliphatic hydroxyl groups is 1. The number of hydrogen-bond acceptors (Lipinski definition) is 7. The monoisotopic (exact) mass is 436 g/mol. The van der Waals surface area contributed by atoms with Crippen LogP contribution in [0.15, 0.2) is 48.9 Å². The fraction of sp³-hybridized carbons (Fsp3) is 0.364. The van der Waals surface area contributed by atoms with Crippen LogP contribution in [-0.2, 0) is 6.54 Å². The number of anilines is 1. The number of pyridine rings is 1. The summed E-state index contributed by atoms with van der Waals surface area (Å²) in [6, 6.07) is 9.06. The number of nitrogens with zero attached hydrogens (tertiary/aromatic N) is 6. The molecule has 9 nitrogen and oxygen atoms in total. The number of alkyl halides is 1. The first-order valence-corrected chi connectivity index (χ1v) is 10.5. The summed E-state index contributed by atoms with van der Waals surface area (Å²) >= 11 is 0. The van der Waals surface area contributed by atoms with Crippen molar-refractivity contribution < 1.29 is 9.50 Å². The lowest BCUT2D eigenvalue weighted by Gasteiger charge is -2.16. The molecule has 4 aromatic heterocycles. The van der Waals surface area contributed by atoms with E-state index in [4.69, 9.17) is 5.10 Å². The third kappa shape index (κ3) is 4.19. The van der Waals surface area contributed by atoms with E-state index < -0.39 is 11.8 Å². The van der Waals surface area contributed by atoms with Crippen molar-refractivity contribution in [1.82, 2.24) is 34.7 Å². The number of aromatic nitrogens is 6. The van der Waals surface area contributed by atoms with E-state index in [0.29, 0.717) is 36.8 Å². The summed E-state index contributed by atoms with van der Waals surface area (Å²) < 4.78 is 17.4. The Labute approximate surface area is 184 Å². The summed E-state index contributed by atoms with van der Waals surface area (Å²) in [4.78, 5) is 9.10. The van der Waals surface area contributed by atoms with Gasteiger partial charge in [0.05, 0.1) is 42.0 Å². The SMILES string of the molecule is CC(C)(O)Cn1cc(-c2ccc3ncc(-c4cccc(N[C@H]5CNC[C@@H]5F)n4)n3n2)cn1. The molecule has 0 radical (unpaired) electrons. The summed E-state index contributed by atoms with van der Waals surface area (Å²) in [5.41, 5.74) is 2.81. The van der Waals surface area contributed by atoms with E-state index in [9.17, 15) is 9.50 Å². The van der Waals surface area contributed by atoms with Gasteiger partial charge < -0.3 is 15.7 Å². The lowest BCUT2D eigenvalue weighted by molar-refractivity contribution is 0.0577. The molecule has 3 N–H and O–H groups in total. The number of fused-ring (bicyclic) bond motifs is 1. The normalized spacial score (nSPS) is 19.0. The molecule has 1 aliphatic rings. The van der Waals surface area contributed by atoms with Gasteiger partial charge in [-0.15, -0.1) is 0 Å². The predicted molar refractivity (Wildman–Crippen MR) is 119 cm³/mol. The first-order valence-electron chi connectivity index (χ1n) is 10.5. The molecule has 32 heavy (non-hydrogen) atoms. The number of rotatable bonds is 6. The molecule has 0 spiro atoms. The molecule has 5 heterocycles. The van der Waals surface area contributed by atoms with Crippen molar-refractivity contribution in [2.45, 2.75) is 38.2 Å². The van der Waals surface area contributed by atoms with Crippen molar-refractivity contribution in [3.05, 3.63) is 48.9 Å². The zero-order valence-corrected chi connectivity index (χ0v) is 17.9. The van der Waals surface area contributed by atoms with Gasteiger partial charge in [0.25, 0.3) is 0 Å². The van der Waals surface area contributed by atoms with Crippen LogP contribution in [0.5, 0.6) is 0 Å². The second kappa shape index (κ2) is 7.95. The lowest BCUT2D eigenvalue weighted by atomic mass is 10.1. The van der Waals surface area contributed by atoms with Crippen LogP contribution in [0, 0.1) is 0 Å². The van der Waals surface area contributed by atoms with Crippen LogP contribution in [0.1, 0.15) is 13.8 Å². The minimum absolute atomic E-state index is 0.301. The largest absolute Gasteiger partial charge is 0.389 e. The molecule has 0 aromatic carbocycles. The zero-order valence-electron chi connectivity index (χ0n) is 17.9. The summed E-state index contributed by atoms with van der Waals surface area (Å²) in [5.74, 6) is 0.609. The van der Waals surface area contributed by atoms with Crippen LogP contribution in [0.2, 0.25) is 0 Å². The van der Waals surface area contributed by atoms with Gasteiger partial charge in [-0.25, -0.2) is 18.9 Å². The van der Waals surface area contributed by atoms with E-state index in [1.807, 2.05) is 36.5 Å². The molecule has 0 unspecified atom stereocenters. The van der Waals surface area contributed by atoms with Gasteiger partial charge >= 0.3 is 0 Å². The van der Waals surface area contributed by atoms with Gasteiger partial charge in [0.15, 0.2) is 5.65 Å². The van der Waals surface area contributed by atoms with Crippen LogP contribution in [0.4, 0.5) is 10.2 Å². The van der Waals surface area contributed by atoms with Gasteiger partial charge in [0, 0.05) is 24.8 Å². The first-order chi connectivity index (χ1) is 15.4. The Morgan fingerprint density at radius 1 is 1.19 bits per heavy atom. The topological polar surface area (TPSA) is 105 Å². The Kier molecular flexibility index (Phi) is 5.10. The number of hydrogen-bond donors (Lipinski definition) is 3. The fourth-order valence-corrected chi connectivity index (χ4v) is 3.82. The average molecular weight is 436 g/mol. The summed E-state index contributed by atoms with van der Waals surface area (Å²) in [5, 5.41) is 25.3. The van der Waals surface area contributed by atoms with Crippen molar-refractivity contribution in [2.75, 3.05) is 18.4 Å². The average Bonchev–Trinajstić information content (AvgIpc) is 3.47. The third-order valence-electron chi connectivity index (χ3n) is 5.33. The number of nitrogens with one attached hydrogen (secondary N) is 2. The van der Waals surface area contributed by atoms with Crippen molar-refractivity contribution in [1.29, 1.82) is 0 Å². The minimum Gasteiger partial charge on any atom is -0.389 e. The van der Waals surface area contributed by atoms with Gasteiger partial charge in [0.1, 0.15) is 17.7 Å². The van der Waals surface area contributed by atoms with Gasteiger partial charge in [-0.05, 0) is 38.1 Å². The van der Waals surface area contributed by atoms with Crippen LogP contribution in [0.3, 0.4) is 0 Å². The van der Waals surface area contributed by atoms with Crippen LogP contribution < -0.4 is 10.6 Å². The molecular formula is C22H25FN8O. The highest BCUT2D eigenvalue weighted by Crippen LogP contribution is 2.23. The predicted octanol–water partition coefficient (Wildman–Crippen LogP) is 2.15. The first kappa shape index (κ1) is 20.5. The Bertz CT molecular complexity index is 1240. The van der Waals surface area contributed by atoms with Crippen LogP contribution in [-0.4, -0.2) is 65.4 Å². The minimum atomic E-state index is -0.946. The van der Waals surface area contributed by atoms with Gasteiger partial charge in [0.2, 0.25) is 0 Å². The van der Waals surface area contributed by atoms with Crippen molar-refractivity contribution in [3.8, 4) is 22.6 Å².